The van der Waals surface area contributed by atoms with Gasteiger partial charge in [0.05, 0.1) is 16.6 Å². The van der Waals surface area contributed by atoms with Crippen LogP contribution in [0.15, 0.2) is 140 Å². The lowest BCUT2D eigenvalue weighted by Gasteiger charge is -2.26. The molecule has 2 aromatic heterocycles. The summed E-state index contributed by atoms with van der Waals surface area (Å²) in [6, 6.07) is 47.2. The van der Waals surface area contributed by atoms with Crippen molar-refractivity contribution in [3.05, 3.63) is 140 Å². The van der Waals surface area contributed by atoms with E-state index in [1.807, 2.05) is 0 Å². The molecule has 0 aliphatic rings. The number of fused-ring (bicyclic) bond motifs is 10. The van der Waals surface area contributed by atoms with Crippen LogP contribution >= 0.6 is 6.04 Å². The third-order valence-electron chi connectivity index (χ3n) is 7.82. The highest BCUT2D eigenvalue weighted by atomic mass is 32.4. The highest BCUT2D eigenvalue weighted by Gasteiger charge is 2.28. The van der Waals surface area contributed by atoms with Crippen LogP contribution in [0, 0.1) is 0 Å². The minimum Gasteiger partial charge on any atom is -0.292 e. The summed E-state index contributed by atoms with van der Waals surface area (Å²) in [7, 11) is 0. The average Bonchev–Trinajstić information content (AvgIpc) is 3.41. The third-order valence-corrected chi connectivity index (χ3v) is 12.8. The molecule has 0 atom stereocenters. The van der Waals surface area contributed by atoms with Gasteiger partial charge in [0.25, 0.3) is 0 Å². The Morgan fingerprint density at radius 2 is 1.15 bits per heavy atom. The van der Waals surface area contributed by atoms with Gasteiger partial charge in [-0.15, -0.1) is 0 Å². The number of rotatable bonds is 3. The number of hydrogen-bond acceptors (Lipinski definition) is 2. The fraction of sp³-hybridized carbons (Fsp3) is 0. The van der Waals surface area contributed by atoms with E-state index in [4.69, 9.17) is 16.8 Å². The number of nitrogens with zero attached hydrogens (tertiary/aromatic N) is 2. The summed E-state index contributed by atoms with van der Waals surface area (Å²) in [6.45, 7) is 0. The van der Waals surface area contributed by atoms with Gasteiger partial charge in [0, 0.05) is 22.1 Å². The van der Waals surface area contributed by atoms with Crippen LogP contribution in [0.5, 0.6) is 0 Å². The van der Waals surface area contributed by atoms with Crippen LogP contribution in [0.1, 0.15) is 0 Å². The number of hydrogen-bond donors (Lipinski definition) is 0. The Morgan fingerprint density at radius 1 is 0.513 bits per heavy atom. The molecule has 0 amide bonds. The SMILES string of the molecule is S=P(c1ccccc1)(c1ccccc1)c1cccc2c1c1ccc3ccccc3c1c1nc3ccccc3n21. The molecule has 0 N–H and O–H groups in total. The molecular weight excluding hydrogens is 511 g/mol. The van der Waals surface area contributed by atoms with Gasteiger partial charge in [-0.25, -0.2) is 4.98 Å². The third kappa shape index (κ3) is 3.21. The van der Waals surface area contributed by atoms with Crippen molar-refractivity contribution in [2.24, 2.45) is 0 Å². The number of aromatic nitrogens is 2. The lowest BCUT2D eigenvalue weighted by atomic mass is 9.99. The lowest BCUT2D eigenvalue weighted by Crippen LogP contribution is -2.25. The average molecular weight is 535 g/mol. The summed E-state index contributed by atoms with van der Waals surface area (Å²) in [5.41, 5.74) is 4.23. The van der Waals surface area contributed by atoms with Crippen molar-refractivity contribution in [3.63, 3.8) is 0 Å². The second-order valence-corrected chi connectivity index (χ2v) is 14.3. The molecule has 39 heavy (non-hydrogen) atoms. The van der Waals surface area contributed by atoms with E-state index in [1.54, 1.807) is 0 Å². The predicted molar refractivity (Wildman–Crippen MR) is 171 cm³/mol. The van der Waals surface area contributed by atoms with Gasteiger partial charge in [-0.1, -0.05) is 133 Å². The second kappa shape index (κ2) is 8.61. The zero-order valence-electron chi connectivity index (χ0n) is 21.0. The Kier molecular flexibility index (Phi) is 5.00. The molecule has 0 radical (unpaired) electrons. The fourth-order valence-electron chi connectivity index (χ4n) is 6.11. The van der Waals surface area contributed by atoms with Crippen molar-refractivity contribution >= 4 is 82.9 Å². The van der Waals surface area contributed by atoms with E-state index in [2.05, 4.69) is 144 Å². The van der Waals surface area contributed by atoms with Crippen molar-refractivity contribution in [1.29, 1.82) is 0 Å². The summed E-state index contributed by atoms with van der Waals surface area (Å²) in [6.07, 6.45) is 0. The van der Waals surface area contributed by atoms with Gasteiger partial charge >= 0.3 is 0 Å². The van der Waals surface area contributed by atoms with Crippen LogP contribution in [0.25, 0.3) is 49.1 Å². The van der Waals surface area contributed by atoms with Crippen LogP contribution in [-0.2, 0) is 11.8 Å². The van der Waals surface area contributed by atoms with Gasteiger partial charge < -0.3 is 0 Å². The molecule has 0 aliphatic carbocycles. The number of imidazole rings is 1. The molecule has 0 saturated heterocycles. The highest BCUT2D eigenvalue weighted by molar-refractivity contribution is 8.25. The normalized spacial score (nSPS) is 12.2. The molecular formula is C35H23N2PS. The van der Waals surface area contributed by atoms with Gasteiger partial charge in [0.1, 0.15) is 5.65 Å². The standard InChI is InChI=1S/C35H23N2PS/c39-38(25-13-3-1-4-14-25,26-15-5-2-6-16-26)32-21-11-20-31-34(32)28-23-22-24-12-7-8-17-27(24)33(28)35-36-29-18-9-10-19-30(29)37(31)35/h1-23H. The Hall–Kier alpha value is -4.30. The van der Waals surface area contributed by atoms with Crippen molar-refractivity contribution < 1.29 is 0 Å². The first kappa shape index (κ1) is 22.7. The van der Waals surface area contributed by atoms with Gasteiger partial charge in [0.2, 0.25) is 0 Å². The molecule has 8 aromatic rings. The van der Waals surface area contributed by atoms with Crippen LogP contribution in [0.2, 0.25) is 0 Å². The van der Waals surface area contributed by atoms with Crippen molar-refractivity contribution in [1.82, 2.24) is 9.38 Å². The van der Waals surface area contributed by atoms with Gasteiger partial charge in [-0.3, -0.25) is 4.40 Å². The minimum atomic E-state index is -2.41. The van der Waals surface area contributed by atoms with E-state index in [9.17, 15) is 0 Å². The van der Waals surface area contributed by atoms with Crippen LogP contribution in [0.4, 0.5) is 0 Å². The Balaban J connectivity index is 1.66. The van der Waals surface area contributed by atoms with Gasteiger partial charge in [-0.2, -0.15) is 0 Å². The molecule has 6 aromatic carbocycles. The maximum Gasteiger partial charge on any atom is 0.147 e. The number of pyridine rings is 1. The molecule has 0 fully saturated rings. The largest absolute Gasteiger partial charge is 0.292 e. The van der Waals surface area contributed by atoms with E-state index in [0.29, 0.717) is 0 Å². The van der Waals surface area contributed by atoms with Gasteiger partial charge in [-0.05, 0) is 45.0 Å². The summed E-state index contributed by atoms with van der Waals surface area (Å²) < 4.78 is 2.35. The van der Waals surface area contributed by atoms with Crippen LogP contribution in [0.3, 0.4) is 0 Å². The first-order valence-corrected chi connectivity index (χ1v) is 15.9. The Labute approximate surface area is 231 Å². The van der Waals surface area contributed by atoms with E-state index in [0.717, 1.165) is 22.2 Å². The summed E-state index contributed by atoms with van der Waals surface area (Å²) >= 11 is 6.87. The summed E-state index contributed by atoms with van der Waals surface area (Å²) in [5, 5.41) is 9.61. The van der Waals surface area contributed by atoms with E-state index < -0.39 is 6.04 Å². The molecule has 2 nitrogen and oxygen atoms in total. The van der Waals surface area contributed by atoms with Crippen molar-refractivity contribution in [3.8, 4) is 0 Å². The monoisotopic (exact) mass is 534 g/mol. The molecule has 184 valence electrons. The summed E-state index contributed by atoms with van der Waals surface area (Å²) in [5.74, 6) is 0. The maximum atomic E-state index is 6.87. The van der Waals surface area contributed by atoms with Crippen molar-refractivity contribution in [2.45, 2.75) is 0 Å². The fourth-order valence-corrected chi connectivity index (χ4v) is 10.2. The first-order valence-electron chi connectivity index (χ1n) is 13.1. The molecule has 0 bridgehead atoms. The molecule has 4 heteroatoms. The smallest absolute Gasteiger partial charge is 0.147 e. The Morgan fingerprint density at radius 3 is 1.92 bits per heavy atom. The quantitative estimate of drug-likeness (QED) is 0.171. The molecule has 0 unspecified atom stereocenters. The molecule has 2 heterocycles. The molecule has 0 aliphatic heterocycles. The zero-order valence-corrected chi connectivity index (χ0v) is 22.7. The number of benzene rings is 6. The second-order valence-electron chi connectivity index (χ2n) is 9.92. The lowest BCUT2D eigenvalue weighted by molar-refractivity contribution is 1.32. The van der Waals surface area contributed by atoms with E-state index in [1.165, 1.54) is 42.8 Å². The number of para-hydroxylation sites is 2. The zero-order chi connectivity index (χ0) is 26.0. The van der Waals surface area contributed by atoms with E-state index in [-0.39, 0.29) is 0 Å². The van der Waals surface area contributed by atoms with Crippen LogP contribution in [-0.4, -0.2) is 9.38 Å². The van der Waals surface area contributed by atoms with Crippen molar-refractivity contribution in [2.75, 3.05) is 0 Å². The van der Waals surface area contributed by atoms with E-state index >= 15 is 0 Å². The summed E-state index contributed by atoms with van der Waals surface area (Å²) in [4.78, 5) is 5.20. The topological polar surface area (TPSA) is 17.3 Å². The molecule has 0 saturated carbocycles. The van der Waals surface area contributed by atoms with Gasteiger partial charge in [0.15, 0.2) is 0 Å². The first-order chi connectivity index (χ1) is 19.2. The van der Waals surface area contributed by atoms with Crippen LogP contribution < -0.4 is 15.9 Å². The highest BCUT2D eigenvalue weighted by Crippen LogP contribution is 2.47. The predicted octanol–water partition coefficient (Wildman–Crippen LogP) is 7.70. The Bertz CT molecular complexity index is 2210. The maximum absolute atomic E-state index is 6.87. The molecule has 0 spiro atoms. The molecule has 8 rings (SSSR count). The minimum absolute atomic E-state index is 0.986.